The molecule has 3 aliphatic rings. The van der Waals surface area contributed by atoms with Crippen LogP contribution in [-0.4, -0.2) is 7.05 Å². The van der Waals surface area contributed by atoms with Gasteiger partial charge in [0.1, 0.15) is 0 Å². The Bertz CT molecular complexity index is 2210. The van der Waals surface area contributed by atoms with Gasteiger partial charge in [0, 0.05) is 40.6 Å². The molecule has 1 aliphatic heterocycles. The highest BCUT2D eigenvalue weighted by Crippen LogP contribution is 2.52. The summed E-state index contributed by atoms with van der Waals surface area (Å²) in [5, 5.41) is 0. The molecule has 0 unspecified atom stereocenters. The van der Waals surface area contributed by atoms with Crippen molar-refractivity contribution in [3.8, 4) is 0 Å². The van der Waals surface area contributed by atoms with Gasteiger partial charge in [-0.3, -0.25) is 0 Å². The minimum Gasteiger partial charge on any atom is -0.347 e. The average Bonchev–Trinajstić information content (AvgIpc) is 3.65. The number of nitrogens with zero attached hydrogens (tertiary/aromatic N) is 2. The summed E-state index contributed by atoms with van der Waals surface area (Å²) in [4.78, 5) is 4.91. The molecule has 0 fully saturated rings. The summed E-state index contributed by atoms with van der Waals surface area (Å²) in [6, 6.07) is 26.6. The van der Waals surface area contributed by atoms with Crippen molar-refractivity contribution in [3.63, 3.8) is 0 Å². The number of hydrogen-bond acceptors (Lipinski definition) is 2. The lowest BCUT2D eigenvalue weighted by molar-refractivity contribution is 0.635. The second kappa shape index (κ2) is 13.0. The molecule has 0 atom stereocenters. The van der Waals surface area contributed by atoms with Gasteiger partial charge in [-0.05, 0) is 170 Å². The molecule has 0 aromatic heterocycles. The molecule has 2 nitrogen and oxygen atoms in total. The zero-order chi connectivity index (χ0) is 37.3. The Morgan fingerprint density at radius 3 is 1.77 bits per heavy atom. The fraction of sp³-hybridized carbons (Fsp3) is 0.320. The number of para-hydroxylation sites is 2. The third-order valence-electron chi connectivity index (χ3n) is 12.8. The zero-order valence-electron chi connectivity index (χ0n) is 33.5. The summed E-state index contributed by atoms with van der Waals surface area (Å²) < 4.78 is 0. The van der Waals surface area contributed by atoms with E-state index in [4.69, 9.17) is 0 Å². The maximum atomic E-state index is 2.48. The number of anilines is 3. The van der Waals surface area contributed by atoms with Crippen LogP contribution >= 0.6 is 0 Å². The van der Waals surface area contributed by atoms with E-state index in [9.17, 15) is 0 Å². The first kappa shape index (κ1) is 35.6. The molecule has 0 amide bonds. The third-order valence-corrected chi connectivity index (χ3v) is 12.8. The van der Waals surface area contributed by atoms with E-state index in [1.807, 2.05) is 0 Å². The monoisotopic (exact) mass is 684 g/mol. The minimum absolute atomic E-state index is 0.0676. The first-order valence-electron chi connectivity index (χ1n) is 19.1. The molecule has 2 aliphatic carbocycles. The molecule has 0 saturated heterocycles. The van der Waals surface area contributed by atoms with Gasteiger partial charge in [0.05, 0.1) is 5.70 Å². The normalized spacial score (nSPS) is 19.1. The van der Waals surface area contributed by atoms with Crippen LogP contribution in [0.3, 0.4) is 0 Å². The number of likely N-dealkylation sites (N-methyl/N-ethyl adjacent to an activating group) is 1. The van der Waals surface area contributed by atoms with E-state index < -0.39 is 0 Å². The molecule has 4 aromatic rings. The van der Waals surface area contributed by atoms with E-state index in [1.165, 1.54) is 101 Å². The van der Waals surface area contributed by atoms with E-state index >= 15 is 0 Å². The predicted octanol–water partition coefficient (Wildman–Crippen LogP) is 13.3. The maximum absolute atomic E-state index is 2.48. The molecule has 0 bridgehead atoms. The number of allylic oxidation sites excluding steroid dienone is 9. The van der Waals surface area contributed by atoms with Crippen molar-refractivity contribution in [2.24, 2.45) is 0 Å². The predicted molar refractivity (Wildman–Crippen MR) is 225 cm³/mol. The van der Waals surface area contributed by atoms with E-state index in [0.717, 1.165) is 12.8 Å². The van der Waals surface area contributed by atoms with E-state index in [0.29, 0.717) is 0 Å². The van der Waals surface area contributed by atoms with Crippen LogP contribution in [0.15, 0.2) is 125 Å². The van der Waals surface area contributed by atoms with Gasteiger partial charge in [-0.1, -0.05) is 88.4 Å². The Morgan fingerprint density at radius 1 is 0.615 bits per heavy atom. The second-order valence-corrected chi connectivity index (χ2v) is 16.5. The number of hydrogen-bond donors (Lipinski definition) is 0. The molecule has 2 heteroatoms. The SMILES string of the molecule is CC1=C(C=CC2=C(N(c3ccccc3)c3ccccc3)C(=CC=C3N(C)c4cc(C)c(C)c(C)c4C3(C)C)CC2)C(C)(C)c2c1cc(C)c(C)c2C. The molecule has 0 radical (unpaired) electrons. The van der Waals surface area contributed by atoms with Crippen molar-refractivity contribution < 1.29 is 0 Å². The van der Waals surface area contributed by atoms with Crippen molar-refractivity contribution in [2.45, 2.75) is 99.8 Å². The Hall–Kier alpha value is -4.82. The molecule has 7 rings (SSSR count). The van der Waals surface area contributed by atoms with Crippen molar-refractivity contribution in [2.75, 3.05) is 16.8 Å². The highest BCUT2D eigenvalue weighted by molar-refractivity contribution is 5.83. The van der Waals surface area contributed by atoms with Crippen LogP contribution in [0.2, 0.25) is 0 Å². The summed E-state index contributed by atoms with van der Waals surface area (Å²) in [5.41, 5.74) is 24.4. The van der Waals surface area contributed by atoms with Gasteiger partial charge in [-0.2, -0.15) is 0 Å². The molecule has 0 saturated carbocycles. The van der Waals surface area contributed by atoms with Crippen LogP contribution < -0.4 is 9.80 Å². The van der Waals surface area contributed by atoms with Gasteiger partial charge in [0.2, 0.25) is 0 Å². The Balaban J connectivity index is 1.40. The second-order valence-electron chi connectivity index (χ2n) is 16.5. The zero-order valence-corrected chi connectivity index (χ0v) is 33.5. The Morgan fingerprint density at radius 2 is 1.17 bits per heavy atom. The van der Waals surface area contributed by atoms with Crippen LogP contribution in [0.1, 0.15) is 97.5 Å². The van der Waals surface area contributed by atoms with Crippen LogP contribution in [-0.2, 0) is 10.8 Å². The lowest BCUT2D eigenvalue weighted by Crippen LogP contribution is -2.23. The molecular weight excluding hydrogens is 629 g/mol. The summed E-state index contributed by atoms with van der Waals surface area (Å²) >= 11 is 0. The summed E-state index contributed by atoms with van der Waals surface area (Å²) in [7, 11) is 2.24. The Labute approximate surface area is 313 Å². The van der Waals surface area contributed by atoms with E-state index in [2.05, 4.69) is 190 Å². The van der Waals surface area contributed by atoms with Gasteiger partial charge >= 0.3 is 0 Å². The standard InChI is InChI=1S/C50H56N2/c1-31-29-42-37(7)43(49(8,9)46(42)35(5)33(31)3)27-25-38-23-24-39(48(38)52(40-19-15-13-16-20-40)41-21-17-14-18-22-41)26-28-45-50(10,11)47-36(6)34(4)32(2)30-44(47)51(45)12/h13-22,25-30H,23-24H2,1-12H3. The van der Waals surface area contributed by atoms with Crippen molar-refractivity contribution in [1.82, 2.24) is 0 Å². The Kier molecular flexibility index (Phi) is 8.89. The van der Waals surface area contributed by atoms with Crippen LogP contribution in [0.25, 0.3) is 5.57 Å². The van der Waals surface area contributed by atoms with Crippen LogP contribution in [0, 0.1) is 41.5 Å². The molecule has 52 heavy (non-hydrogen) atoms. The van der Waals surface area contributed by atoms with Gasteiger partial charge in [-0.25, -0.2) is 0 Å². The molecule has 0 N–H and O–H groups in total. The van der Waals surface area contributed by atoms with E-state index in [1.54, 1.807) is 0 Å². The molecule has 266 valence electrons. The lowest BCUT2D eigenvalue weighted by atomic mass is 9.77. The molecule has 0 spiro atoms. The number of fused-ring (bicyclic) bond motifs is 2. The lowest BCUT2D eigenvalue weighted by Gasteiger charge is -2.29. The molecular formula is C50H56N2. The summed E-state index contributed by atoms with van der Waals surface area (Å²) in [5.74, 6) is 0. The van der Waals surface area contributed by atoms with Crippen LogP contribution in [0.4, 0.5) is 17.1 Å². The van der Waals surface area contributed by atoms with E-state index in [-0.39, 0.29) is 10.8 Å². The maximum Gasteiger partial charge on any atom is 0.0525 e. The first-order valence-corrected chi connectivity index (χ1v) is 19.1. The van der Waals surface area contributed by atoms with Gasteiger partial charge in [0.15, 0.2) is 0 Å². The van der Waals surface area contributed by atoms with Crippen molar-refractivity contribution in [1.29, 1.82) is 0 Å². The van der Waals surface area contributed by atoms with Crippen LogP contribution in [0.5, 0.6) is 0 Å². The largest absolute Gasteiger partial charge is 0.347 e. The first-order chi connectivity index (χ1) is 24.7. The number of aryl methyl sites for hydroxylation is 2. The third kappa shape index (κ3) is 5.54. The highest BCUT2D eigenvalue weighted by Gasteiger charge is 2.41. The summed E-state index contributed by atoms with van der Waals surface area (Å²) in [6.07, 6.45) is 11.7. The fourth-order valence-corrected chi connectivity index (χ4v) is 9.63. The van der Waals surface area contributed by atoms with Crippen molar-refractivity contribution in [3.05, 3.63) is 175 Å². The summed E-state index contributed by atoms with van der Waals surface area (Å²) in [6.45, 7) is 25.6. The topological polar surface area (TPSA) is 6.48 Å². The van der Waals surface area contributed by atoms with Crippen molar-refractivity contribution >= 4 is 22.6 Å². The van der Waals surface area contributed by atoms with Gasteiger partial charge < -0.3 is 9.80 Å². The molecule has 4 aromatic carbocycles. The fourth-order valence-electron chi connectivity index (χ4n) is 9.63. The average molecular weight is 685 g/mol. The highest BCUT2D eigenvalue weighted by atomic mass is 15.2. The minimum atomic E-state index is -0.102. The number of benzene rings is 4. The van der Waals surface area contributed by atoms with Gasteiger partial charge in [-0.15, -0.1) is 0 Å². The number of rotatable bonds is 6. The molecule has 1 heterocycles. The van der Waals surface area contributed by atoms with Gasteiger partial charge in [0.25, 0.3) is 0 Å². The smallest absolute Gasteiger partial charge is 0.0525 e. The quantitative estimate of drug-likeness (QED) is 0.199.